The minimum Gasteiger partial charge on any atom is -0.294 e. The first-order chi connectivity index (χ1) is 16.7. The van der Waals surface area contributed by atoms with Crippen LogP contribution in [-0.2, 0) is 48.1 Å². The molecule has 0 amide bonds. The summed E-state index contributed by atoms with van der Waals surface area (Å²) in [5.41, 5.74) is 13.8. The normalized spacial score (nSPS) is 17.2. The molecule has 3 aromatic carbocycles. The SMILES string of the molecule is O=CC(=O)C1=c2cc3c(cc2Cc2cc4c(cc21)CCCC4)=Cc1cc2c(cc1C3)CCCC2. The van der Waals surface area contributed by atoms with Crippen LogP contribution in [0.25, 0.3) is 11.6 Å². The van der Waals surface area contributed by atoms with Crippen molar-refractivity contribution in [3.8, 4) is 0 Å². The lowest BCUT2D eigenvalue weighted by atomic mass is 9.78. The third-order valence-electron chi connectivity index (χ3n) is 8.50. The number of carbonyl (C=O) groups excluding carboxylic acids is 2. The maximum absolute atomic E-state index is 13.0. The van der Waals surface area contributed by atoms with Crippen molar-refractivity contribution in [2.75, 3.05) is 0 Å². The maximum atomic E-state index is 13.0. The molecule has 0 bridgehead atoms. The van der Waals surface area contributed by atoms with Crippen LogP contribution in [0.4, 0.5) is 0 Å². The zero-order valence-electron chi connectivity index (χ0n) is 19.5. The van der Waals surface area contributed by atoms with Crippen LogP contribution in [0.15, 0.2) is 36.4 Å². The summed E-state index contributed by atoms with van der Waals surface area (Å²) in [6.07, 6.45) is 14.1. The van der Waals surface area contributed by atoms with Crippen molar-refractivity contribution in [2.45, 2.75) is 64.2 Å². The van der Waals surface area contributed by atoms with E-state index in [0.29, 0.717) is 11.9 Å². The van der Waals surface area contributed by atoms with E-state index in [4.69, 9.17) is 0 Å². The topological polar surface area (TPSA) is 34.1 Å². The van der Waals surface area contributed by atoms with Crippen molar-refractivity contribution in [1.82, 2.24) is 0 Å². The predicted molar refractivity (Wildman–Crippen MR) is 135 cm³/mol. The van der Waals surface area contributed by atoms with Crippen molar-refractivity contribution >= 4 is 23.7 Å². The van der Waals surface area contributed by atoms with Crippen LogP contribution in [0, 0.1) is 0 Å². The number of rotatable bonds is 2. The summed E-state index contributed by atoms with van der Waals surface area (Å²) in [7, 11) is 0. The minimum atomic E-state index is -0.396. The first-order valence-corrected chi connectivity index (χ1v) is 12.8. The molecule has 0 aliphatic heterocycles. The zero-order chi connectivity index (χ0) is 22.8. The average molecular weight is 445 g/mol. The third kappa shape index (κ3) is 3.08. The Labute approximate surface area is 200 Å². The van der Waals surface area contributed by atoms with Crippen LogP contribution < -0.4 is 10.4 Å². The molecular formula is C32H28O2. The first kappa shape index (κ1) is 20.1. The largest absolute Gasteiger partial charge is 0.294 e. The van der Waals surface area contributed by atoms with Crippen LogP contribution in [0.2, 0.25) is 0 Å². The van der Waals surface area contributed by atoms with Gasteiger partial charge in [0.2, 0.25) is 5.78 Å². The van der Waals surface area contributed by atoms with Gasteiger partial charge in [0.05, 0.1) is 0 Å². The zero-order valence-corrected chi connectivity index (χ0v) is 19.5. The molecule has 0 atom stereocenters. The molecule has 168 valence electrons. The van der Waals surface area contributed by atoms with E-state index in [1.807, 2.05) is 0 Å². The van der Waals surface area contributed by atoms with Gasteiger partial charge in [-0.1, -0.05) is 30.3 Å². The second-order valence-electron chi connectivity index (χ2n) is 10.6. The quantitative estimate of drug-likeness (QED) is 0.345. The summed E-state index contributed by atoms with van der Waals surface area (Å²) in [6.45, 7) is 0. The summed E-state index contributed by atoms with van der Waals surface area (Å²) < 4.78 is 0. The molecule has 0 saturated carbocycles. The highest BCUT2D eigenvalue weighted by Gasteiger charge is 2.26. The van der Waals surface area contributed by atoms with Crippen LogP contribution in [0.3, 0.4) is 0 Å². The number of hydrogen-bond acceptors (Lipinski definition) is 2. The first-order valence-electron chi connectivity index (χ1n) is 12.8. The molecule has 2 heteroatoms. The lowest BCUT2D eigenvalue weighted by molar-refractivity contribution is -0.126. The second kappa shape index (κ2) is 7.63. The molecule has 0 unspecified atom stereocenters. The molecule has 4 aliphatic carbocycles. The van der Waals surface area contributed by atoms with Crippen molar-refractivity contribution < 1.29 is 9.59 Å². The van der Waals surface area contributed by atoms with E-state index in [0.717, 1.165) is 36.5 Å². The van der Waals surface area contributed by atoms with E-state index in [2.05, 4.69) is 42.5 Å². The van der Waals surface area contributed by atoms with E-state index >= 15 is 0 Å². The van der Waals surface area contributed by atoms with E-state index in [-0.39, 0.29) is 0 Å². The number of aldehydes is 1. The van der Waals surface area contributed by atoms with Gasteiger partial charge in [-0.15, -0.1) is 0 Å². The highest BCUT2D eigenvalue weighted by atomic mass is 16.2. The fraction of sp³-hybridized carbons (Fsp3) is 0.312. The Hall–Kier alpha value is -3.26. The number of fused-ring (bicyclic) bond motifs is 6. The van der Waals surface area contributed by atoms with E-state index in [1.165, 1.54) is 93.8 Å². The number of ketones is 1. The summed E-state index contributed by atoms with van der Waals surface area (Å²) in [6, 6.07) is 13.9. The summed E-state index contributed by atoms with van der Waals surface area (Å²) in [5, 5.41) is 2.23. The summed E-state index contributed by atoms with van der Waals surface area (Å²) in [5.74, 6) is -0.396. The van der Waals surface area contributed by atoms with Crippen LogP contribution >= 0.6 is 0 Å². The molecule has 0 heterocycles. The van der Waals surface area contributed by atoms with Crippen molar-refractivity contribution in [1.29, 1.82) is 0 Å². The third-order valence-corrected chi connectivity index (χ3v) is 8.50. The predicted octanol–water partition coefficient (Wildman–Crippen LogP) is 4.05. The van der Waals surface area contributed by atoms with Gasteiger partial charge in [0, 0.05) is 5.57 Å². The Morgan fingerprint density at radius 2 is 1.24 bits per heavy atom. The van der Waals surface area contributed by atoms with Crippen molar-refractivity contribution in [3.05, 3.63) is 102 Å². The molecule has 2 nitrogen and oxygen atoms in total. The Morgan fingerprint density at radius 3 is 1.94 bits per heavy atom. The van der Waals surface area contributed by atoms with Gasteiger partial charge < -0.3 is 0 Å². The summed E-state index contributed by atoms with van der Waals surface area (Å²) >= 11 is 0. The Balaban J connectivity index is 1.45. The van der Waals surface area contributed by atoms with Gasteiger partial charge in [-0.25, -0.2) is 0 Å². The van der Waals surface area contributed by atoms with Gasteiger partial charge in [-0.3, -0.25) is 9.59 Å². The fourth-order valence-electron chi connectivity index (χ4n) is 6.78. The molecule has 0 saturated heterocycles. The monoisotopic (exact) mass is 444 g/mol. The van der Waals surface area contributed by atoms with Gasteiger partial charge in [-0.05, 0) is 142 Å². The number of benzene rings is 3. The number of Topliss-reactive ketones (excluding diaryl/α,β-unsaturated/α-hetero) is 1. The molecule has 3 aromatic rings. The highest BCUT2D eigenvalue weighted by Crippen LogP contribution is 2.32. The van der Waals surface area contributed by atoms with Crippen LogP contribution in [-0.4, -0.2) is 12.1 Å². The van der Waals surface area contributed by atoms with Gasteiger partial charge in [0.15, 0.2) is 6.29 Å². The Morgan fingerprint density at radius 1 is 0.618 bits per heavy atom. The second-order valence-corrected chi connectivity index (χ2v) is 10.6. The molecule has 0 fully saturated rings. The van der Waals surface area contributed by atoms with E-state index in [9.17, 15) is 9.59 Å². The van der Waals surface area contributed by atoms with E-state index < -0.39 is 5.78 Å². The van der Waals surface area contributed by atoms with Crippen molar-refractivity contribution in [2.24, 2.45) is 0 Å². The van der Waals surface area contributed by atoms with Crippen LogP contribution in [0.5, 0.6) is 0 Å². The fourth-order valence-corrected chi connectivity index (χ4v) is 6.78. The Kier molecular flexibility index (Phi) is 4.52. The van der Waals surface area contributed by atoms with Crippen molar-refractivity contribution in [3.63, 3.8) is 0 Å². The highest BCUT2D eigenvalue weighted by molar-refractivity contribution is 6.46. The molecule has 0 aromatic heterocycles. The molecule has 34 heavy (non-hydrogen) atoms. The smallest absolute Gasteiger partial charge is 0.226 e. The van der Waals surface area contributed by atoms with Gasteiger partial charge in [-0.2, -0.15) is 0 Å². The maximum Gasteiger partial charge on any atom is 0.226 e. The number of carbonyl (C=O) groups is 2. The average Bonchev–Trinajstić information content (AvgIpc) is 2.86. The molecule has 0 spiro atoms. The minimum absolute atomic E-state index is 0.396. The molecule has 4 aliphatic rings. The number of hydrogen-bond donors (Lipinski definition) is 0. The lowest BCUT2D eigenvalue weighted by Crippen LogP contribution is -2.30. The molecule has 7 rings (SSSR count). The van der Waals surface area contributed by atoms with E-state index in [1.54, 1.807) is 0 Å². The Bertz CT molecular complexity index is 1540. The number of aryl methyl sites for hydroxylation is 4. The molecular weight excluding hydrogens is 416 g/mol. The summed E-state index contributed by atoms with van der Waals surface area (Å²) in [4.78, 5) is 24.7. The van der Waals surface area contributed by atoms with Gasteiger partial charge in [0.1, 0.15) is 0 Å². The van der Waals surface area contributed by atoms with Gasteiger partial charge >= 0.3 is 0 Å². The molecule has 0 N–H and O–H groups in total. The standard InChI is InChI=1S/C32H28O2/c33-18-31(34)32-29-16-22-8-4-3-7-21(22)11-27(29)15-28-14-25-12-23-9-19-5-1-2-6-20(19)10-24(23)13-26(25)17-30(28)32/h9-12,14,16-18H,1-8,13,15H2. The van der Waals surface area contributed by atoms with Crippen LogP contribution in [0.1, 0.15) is 81.3 Å². The lowest BCUT2D eigenvalue weighted by Gasteiger charge is -2.25. The molecule has 0 radical (unpaired) electrons. The van der Waals surface area contributed by atoms with Gasteiger partial charge in [0.25, 0.3) is 0 Å².